The lowest BCUT2D eigenvalue weighted by Gasteiger charge is -2.15. The molecule has 1 aliphatic carbocycles. The fourth-order valence-electron chi connectivity index (χ4n) is 2.35. The van der Waals surface area contributed by atoms with Crippen LogP contribution in [0.25, 0.3) is 0 Å². The Labute approximate surface area is 107 Å². The Balaban J connectivity index is 1.80. The van der Waals surface area contributed by atoms with Gasteiger partial charge in [0, 0.05) is 11.1 Å². The summed E-state index contributed by atoms with van der Waals surface area (Å²) in [4.78, 5) is 0. The van der Waals surface area contributed by atoms with Crippen molar-refractivity contribution >= 4 is 11.6 Å². The van der Waals surface area contributed by atoms with Crippen molar-refractivity contribution < 1.29 is 4.39 Å². The second-order valence-corrected chi connectivity index (χ2v) is 5.27. The third kappa shape index (κ3) is 3.68. The van der Waals surface area contributed by atoms with Crippen molar-refractivity contribution in [2.75, 3.05) is 7.05 Å². The summed E-state index contributed by atoms with van der Waals surface area (Å²) in [6.45, 7) is 0. The van der Waals surface area contributed by atoms with Crippen molar-refractivity contribution in [3.8, 4) is 0 Å². The van der Waals surface area contributed by atoms with E-state index in [1.165, 1.54) is 31.4 Å². The molecule has 0 spiro atoms. The average molecular weight is 256 g/mol. The lowest BCUT2D eigenvalue weighted by atomic mass is 10.0. The molecule has 1 aliphatic rings. The minimum Gasteiger partial charge on any atom is -0.317 e. The van der Waals surface area contributed by atoms with Gasteiger partial charge < -0.3 is 5.32 Å². The molecule has 0 aliphatic heterocycles. The molecule has 0 saturated heterocycles. The monoisotopic (exact) mass is 255 g/mol. The van der Waals surface area contributed by atoms with Crippen molar-refractivity contribution in [3.63, 3.8) is 0 Å². The highest BCUT2D eigenvalue weighted by Gasteiger charge is 2.29. The molecule has 1 unspecified atom stereocenters. The molecule has 2 rings (SSSR count). The van der Waals surface area contributed by atoms with Gasteiger partial charge in [0.05, 0.1) is 0 Å². The van der Waals surface area contributed by atoms with Crippen LogP contribution < -0.4 is 5.32 Å². The minimum atomic E-state index is -0.259. The van der Waals surface area contributed by atoms with E-state index < -0.39 is 0 Å². The zero-order valence-electron chi connectivity index (χ0n) is 10.2. The molecule has 1 aromatic carbocycles. The topological polar surface area (TPSA) is 12.0 Å². The van der Waals surface area contributed by atoms with E-state index >= 15 is 0 Å². The molecule has 1 aromatic rings. The summed E-state index contributed by atoms with van der Waals surface area (Å²) in [5, 5.41) is 3.93. The smallest absolute Gasteiger partial charge is 0.124 e. The largest absolute Gasteiger partial charge is 0.317 e. The molecule has 0 amide bonds. The number of hydrogen-bond acceptors (Lipinski definition) is 1. The maximum Gasteiger partial charge on any atom is 0.124 e. The average Bonchev–Trinajstić information content (AvgIpc) is 3.11. The first-order valence-electron chi connectivity index (χ1n) is 6.32. The predicted molar refractivity (Wildman–Crippen MR) is 69.9 cm³/mol. The van der Waals surface area contributed by atoms with Gasteiger partial charge >= 0.3 is 0 Å². The Bertz CT molecular complexity index is 376. The van der Waals surface area contributed by atoms with Crippen molar-refractivity contribution in [2.45, 2.75) is 38.1 Å². The molecular formula is C14H19ClFN. The zero-order chi connectivity index (χ0) is 12.3. The highest BCUT2D eigenvalue weighted by atomic mass is 35.5. The Kier molecular flexibility index (Phi) is 4.41. The van der Waals surface area contributed by atoms with Crippen LogP contribution in [0.2, 0.25) is 5.02 Å². The molecule has 3 heteroatoms. The van der Waals surface area contributed by atoms with Crippen LogP contribution in [0, 0.1) is 11.7 Å². The molecule has 0 bridgehead atoms. The van der Waals surface area contributed by atoms with Crippen LogP contribution in [-0.4, -0.2) is 13.1 Å². The van der Waals surface area contributed by atoms with Gasteiger partial charge in [0.1, 0.15) is 5.82 Å². The molecule has 1 fully saturated rings. The summed E-state index contributed by atoms with van der Waals surface area (Å²) >= 11 is 6.00. The second kappa shape index (κ2) is 5.83. The first kappa shape index (κ1) is 12.8. The fraction of sp³-hybridized carbons (Fsp3) is 0.571. The third-order valence-electron chi connectivity index (χ3n) is 3.54. The molecule has 17 heavy (non-hydrogen) atoms. The molecule has 0 aromatic heterocycles. The van der Waals surface area contributed by atoms with Crippen LogP contribution in [0.15, 0.2) is 18.2 Å². The van der Waals surface area contributed by atoms with Gasteiger partial charge in [-0.3, -0.25) is 0 Å². The van der Waals surface area contributed by atoms with Gasteiger partial charge in [-0.25, -0.2) is 4.39 Å². The first-order chi connectivity index (χ1) is 8.20. The summed E-state index contributed by atoms with van der Waals surface area (Å²) in [6, 6.07) is 5.32. The first-order valence-corrected chi connectivity index (χ1v) is 6.69. The minimum absolute atomic E-state index is 0.259. The molecular weight excluding hydrogens is 237 g/mol. The molecule has 1 atom stereocenters. The maximum atomic E-state index is 12.9. The second-order valence-electron chi connectivity index (χ2n) is 4.86. The van der Waals surface area contributed by atoms with Gasteiger partial charge in [0.2, 0.25) is 0 Å². The Morgan fingerprint density at radius 3 is 2.82 bits per heavy atom. The van der Waals surface area contributed by atoms with E-state index in [0.717, 1.165) is 24.3 Å². The van der Waals surface area contributed by atoms with Crippen LogP contribution in [0.1, 0.15) is 31.2 Å². The molecule has 1 N–H and O–H groups in total. The van der Waals surface area contributed by atoms with Crippen LogP contribution >= 0.6 is 11.6 Å². The maximum absolute atomic E-state index is 12.9. The van der Waals surface area contributed by atoms with Gasteiger partial charge in [-0.2, -0.15) is 0 Å². The van der Waals surface area contributed by atoms with Crippen molar-refractivity contribution in [2.24, 2.45) is 5.92 Å². The van der Waals surface area contributed by atoms with Crippen LogP contribution in [0.3, 0.4) is 0 Å². The zero-order valence-corrected chi connectivity index (χ0v) is 10.9. The van der Waals surface area contributed by atoms with Crippen molar-refractivity contribution in [1.82, 2.24) is 5.32 Å². The van der Waals surface area contributed by atoms with Gasteiger partial charge in [0.25, 0.3) is 0 Å². The normalized spacial score (nSPS) is 17.1. The fourth-order valence-corrected chi connectivity index (χ4v) is 2.61. The summed E-state index contributed by atoms with van der Waals surface area (Å²) in [6.07, 6.45) is 5.94. The summed E-state index contributed by atoms with van der Waals surface area (Å²) < 4.78 is 12.9. The van der Waals surface area contributed by atoms with Crippen molar-refractivity contribution in [1.29, 1.82) is 0 Å². The number of aryl methyl sites for hydroxylation is 1. The van der Waals surface area contributed by atoms with Crippen LogP contribution in [0.4, 0.5) is 4.39 Å². The molecule has 94 valence electrons. The number of hydrogen-bond donors (Lipinski definition) is 1. The van der Waals surface area contributed by atoms with Gasteiger partial charge in [-0.15, -0.1) is 0 Å². The quantitative estimate of drug-likeness (QED) is 0.815. The Morgan fingerprint density at radius 2 is 2.24 bits per heavy atom. The van der Waals surface area contributed by atoms with E-state index in [-0.39, 0.29) is 5.82 Å². The number of rotatable bonds is 6. The Hall–Kier alpha value is -0.600. The van der Waals surface area contributed by atoms with E-state index in [1.54, 1.807) is 6.07 Å². The third-order valence-corrected chi connectivity index (χ3v) is 3.89. The number of nitrogens with one attached hydrogen (secondary N) is 1. The number of halogens is 2. The SMILES string of the molecule is CNC(CCCc1ccc(F)cc1Cl)C1CC1. The molecule has 1 nitrogen and oxygen atoms in total. The predicted octanol–water partition coefficient (Wildman–Crippen LogP) is 3.80. The van der Waals surface area contributed by atoms with Gasteiger partial charge in [-0.1, -0.05) is 17.7 Å². The standard InChI is InChI=1S/C14H19ClFN/c1-17-14(11-5-6-11)4-2-3-10-7-8-12(16)9-13(10)15/h7-9,11,14,17H,2-6H2,1H3. The van der Waals surface area contributed by atoms with Crippen LogP contribution in [0.5, 0.6) is 0 Å². The summed E-state index contributed by atoms with van der Waals surface area (Å²) in [5.74, 6) is 0.619. The van der Waals surface area contributed by atoms with E-state index in [1.807, 2.05) is 7.05 Å². The van der Waals surface area contributed by atoms with Gasteiger partial charge in [-0.05, 0) is 62.8 Å². The van der Waals surface area contributed by atoms with Crippen LogP contribution in [-0.2, 0) is 6.42 Å². The van der Waals surface area contributed by atoms with E-state index in [4.69, 9.17) is 11.6 Å². The van der Waals surface area contributed by atoms with Gasteiger partial charge in [0.15, 0.2) is 0 Å². The lowest BCUT2D eigenvalue weighted by molar-refractivity contribution is 0.456. The highest BCUT2D eigenvalue weighted by Crippen LogP contribution is 2.34. The van der Waals surface area contributed by atoms with Crippen molar-refractivity contribution in [3.05, 3.63) is 34.6 Å². The molecule has 0 heterocycles. The molecule has 0 radical (unpaired) electrons. The lowest BCUT2D eigenvalue weighted by Crippen LogP contribution is -2.27. The summed E-state index contributed by atoms with van der Waals surface area (Å²) in [5.41, 5.74) is 1.05. The van der Waals surface area contributed by atoms with E-state index in [0.29, 0.717) is 11.1 Å². The molecule has 1 saturated carbocycles. The van der Waals surface area contributed by atoms with E-state index in [2.05, 4.69) is 5.32 Å². The number of benzene rings is 1. The van der Waals surface area contributed by atoms with E-state index in [9.17, 15) is 4.39 Å². The Morgan fingerprint density at radius 1 is 1.47 bits per heavy atom. The highest BCUT2D eigenvalue weighted by molar-refractivity contribution is 6.31. The summed E-state index contributed by atoms with van der Waals surface area (Å²) in [7, 11) is 2.04.